The normalized spacial score (nSPS) is 16.1. The lowest BCUT2D eigenvalue weighted by Crippen LogP contribution is -2.42. The van der Waals surface area contributed by atoms with E-state index in [0.29, 0.717) is 0 Å². The molecule has 0 unspecified atom stereocenters. The summed E-state index contributed by atoms with van der Waals surface area (Å²) in [4.78, 5) is 15.7. The van der Waals surface area contributed by atoms with Gasteiger partial charge < -0.3 is 4.74 Å². The van der Waals surface area contributed by atoms with Crippen LogP contribution in [0.2, 0.25) is 0 Å². The number of thiol groups is 1. The Morgan fingerprint density at radius 1 is 1.43 bits per heavy atom. The van der Waals surface area contributed by atoms with E-state index < -0.39 is 41.0 Å². The van der Waals surface area contributed by atoms with E-state index in [1.165, 1.54) is 0 Å². The summed E-state index contributed by atoms with van der Waals surface area (Å²) < 4.78 is 67.8. The van der Waals surface area contributed by atoms with Gasteiger partial charge >= 0.3 is 12.8 Å². The summed E-state index contributed by atoms with van der Waals surface area (Å²) >= 11 is 8.11. The average molecular weight is 376 g/mol. The number of aliphatic imine (C=N–C) groups is 1. The fraction of sp³-hybridized carbons (Fsp3) is 0.583. The lowest BCUT2D eigenvalue weighted by molar-refractivity contribution is -0.108. The molecular formula is C12H13F5N2O2S2. The summed E-state index contributed by atoms with van der Waals surface area (Å²) in [6, 6.07) is 0. The molecule has 4 nitrogen and oxygen atoms in total. The summed E-state index contributed by atoms with van der Waals surface area (Å²) in [5.74, 6) is -0.183. The molecule has 0 amide bonds. The first-order valence-corrected chi connectivity index (χ1v) is 7.15. The zero-order valence-corrected chi connectivity index (χ0v) is 13.7. The highest BCUT2D eigenvalue weighted by Gasteiger charge is 2.44. The van der Waals surface area contributed by atoms with Crippen molar-refractivity contribution in [1.29, 1.82) is 0 Å². The highest BCUT2D eigenvalue weighted by molar-refractivity contribution is 7.97. The average Bonchev–Trinajstić information content (AvgIpc) is 2.34. The highest BCUT2D eigenvalue weighted by Crippen LogP contribution is 2.33. The zero-order valence-electron chi connectivity index (χ0n) is 12.0. The molecule has 11 heteroatoms. The van der Waals surface area contributed by atoms with E-state index in [1.807, 2.05) is 0 Å². The minimum atomic E-state index is -4.88. The number of halogens is 5. The minimum absolute atomic E-state index is 0.0243. The topological polar surface area (TPSA) is 41.9 Å². The second-order valence-corrected chi connectivity index (χ2v) is 5.70. The fourth-order valence-electron chi connectivity index (χ4n) is 1.94. The Balaban J connectivity index is 3.40. The molecule has 1 aliphatic heterocycles. The molecule has 0 atom stereocenters. The van der Waals surface area contributed by atoms with E-state index in [-0.39, 0.29) is 18.0 Å². The number of allylic oxidation sites excluding steroid dienone is 1. The Labute approximate surface area is 139 Å². The molecule has 0 spiro atoms. The van der Waals surface area contributed by atoms with Crippen molar-refractivity contribution in [3.8, 4) is 0 Å². The Morgan fingerprint density at radius 2 is 2.00 bits per heavy atom. The predicted molar refractivity (Wildman–Crippen MR) is 80.4 cm³/mol. The highest BCUT2D eigenvalue weighted by atomic mass is 32.1. The van der Waals surface area contributed by atoms with Crippen molar-refractivity contribution >= 4 is 40.8 Å². The van der Waals surface area contributed by atoms with Crippen LogP contribution in [0.5, 0.6) is 0 Å². The van der Waals surface area contributed by atoms with Crippen molar-refractivity contribution in [3.05, 3.63) is 11.3 Å². The number of carbonyl (C=O) groups is 1. The van der Waals surface area contributed by atoms with Crippen molar-refractivity contribution in [2.24, 2.45) is 10.9 Å². The van der Waals surface area contributed by atoms with E-state index in [0.717, 1.165) is 4.90 Å². The van der Waals surface area contributed by atoms with Gasteiger partial charge in [0.25, 0.3) is 5.17 Å². The molecule has 23 heavy (non-hydrogen) atoms. The van der Waals surface area contributed by atoms with E-state index in [4.69, 9.17) is 0 Å². The van der Waals surface area contributed by atoms with Gasteiger partial charge in [0.1, 0.15) is 6.67 Å². The summed E-state index contributed by atoms with van der Waals surface area (Å²) in [5.41, 5.74) is -2.39. The molecule has 0 aromatic rings. The maximum Gasteiger partial charge on any atom is 0.433 e. The van der Waals surface area contributed by atoms with Crippen LogP contribution < -0.4 is 0 Å². The van der Waals surface area contributed by atoms with Gasteiger partial charge in [-0.05, 0) is 24.6 Å². The van der Waals surface area contributed by atoms with Gasteiger partial charge in [0.15, 0.2) is 5.71 Å². The molecule has 0 saturated carbocycles. The number of hydrogen-bond acceptors (Lipinski definition) is 4. The lowest BCUT2D eigenvalue weighted by atomic mass is 9.99. The quantitative estimate of drug-likeness (QED) is 0.463. The van der Waals surface area contributed by atoms with Crippen molar-refractivity contribution < 1.29 is 31.5 Å². The van der Waals surface area contributed by atoms with Crippen LogP contribution in [0.3, 0.4) is 0 Å². The van der Waals surface area contributed by atoms with Crippen molar-refractivity contribution in [1.82, 2.24) is 4.90 Å². The third-order valence-corrected chi connectivity index (χ3v) is 3.26. The molecule has 1 aliphatic rings. The molecule has 0 saturated heterocycles. The van der Waals surface area contributed by atoms with Crippen molar-refractivity contribution in [2.75, 3.05) is 6.67 Å². The lowest BCUT2D eigenvalue weighted by Gasteiger charge is -2.32. The number of hydrogen-bond donors (Lipinski definition) is 1. The summed E-state index contributed by atoms with van der Waals surface area (Å²) in [6.07, 6.45) is -4.91. The molecule has 130 valence electrons. The number of alkyl halides is 5. The molecule has 0 fully saturated rings. The van der Waals surface area contributed by atoms with Crippen LogP contribution in [-0.4, -0.2) is 40.4 Å². The van der Waals surface area contributed by atoms with Crippen LogP contribution in [0, 0.1) is 5.92 Å². The third-order valence-electron chi connectivity index (χ3n) is 2.72. The fourth-order valence-corrected chi connectivity index (χ4v) is 2.42. The van der Waals surface area contributed by atoms with E-state index in [2.05, 4.69) is 34.6 Å². The Bertz CT molecular complexity index is 558. The van der Waals surface area contributed by atoms with Crippen LogP contribution in [-0.2, 0) is 9.53 Å². The number of carbonyl (C=O) groups excluding carboxylic acids is 1. The van der Waals surface area contributed by atoms with E-state index >= 15 is 0 Å². The van der Waals surface area contributed by atoms with Crippen LogP contribution in [0.4, 0.5) is 22.0 Å². The molecule has 0 N–H and O–H groups in total. The van der Waals surface area contributed by atoms with Gasteiger partial charge in [-0.1, -0.05) is 13.8 Å². The molecule has 0 radical (unpaired) electrons. The smallest absolute Gasteiger partial charge is 0.408 e. The molecule has 0 aliphatic carbocycles. The zero-order chi connectivity index (χ0) is 17.9. The number of thiocarbonyl (C=S) groups is 1. The first-order valence-electron chi connectivity index (χ1n) is 6.29. The van der Waals surface area contributed by atoms with Gasteiger partial charge in [0.05, 0.1) is 5.57 Å². The van der Waals surface area contributed by atoms with Gasteiger partial charge in [0.2, 0.25) is 5.12 Å². The van der Waals surface area contributed by atoms with E-state index in [1.54, 1.807) is 13.8 Å². The first kappa shape index (κ1) is 19.8. The monoisotopic (exact) mass is 376 g/mol. The standard InChI is InChI=1S/C12H13F5N2O2S2/c1-5(2)3-6-7(9(20)22)8(12(15,16)17)18-4-19(6)11(23)21-10(13)14/h5,10H,3-4H2,1-2H3,(H,20,22). The third kappa shape index (κ3) is 5.13. The summed E-state index contributed by atoms with van der Waals surface area (Å²) in [5, 5.41) is -1.94. The van der Waals surface area contributed by atoms with Crippen LogP contribution in [0.1, 0.15) is 20.3 Å². The van der Waals surface area contributed by atoms with E-state index in [9.17, 15) is 26.7 Å². The van der Waals surface area contributed by atoms with Crippen LogP contribution >= 0.6 is 24.8 Å². The van der Waals surface area contributed by atoms with Crippen LogP contribution in [0.15, 0.2) is 16.3 Å². The Kier molecular flexibility index (Phi) is 6.51. The second kappa shape index (κ2) is 7.56. The molecule has 0 aromatic carbocycles. The summed E-state index contributed by atoms with van der Waals surface area (Å²) in [7, 11) is 0. The van der Waals surface area contributed by atoms with Crippen molar-refractivity contribution in [3.63, 3.8) is 0 Å². The minimum Gasteiger partial charge on any atom is -0.408 e. The largest absolute Gasteiger partial charge is 0.433 e. The van der Waals surface area contributed by atoms with Gasteiger partial charge in [-0.15, -0.1) is 12.6 Å². The summed E-state index contributed by atoms with van der Waals surface area (Å²) in [6.45, 7) is -0.553. The SMILES string of the molecule is CC(C)CC1=C(C(=O)S)C(C(F)(F)F)=NCN1C(=S)OC(F)F. The predicted octanol–water partition coefficient (Wildman–Crippen LogP) is 3.54. The Hall–Kier alpha value is -1.23. The first-order chi connectivity index (χ1) is 10.4. The van der Waals surface area contributed by atoms with Gasteiger partial charge in [0, 0.05) is 5.70 Å². The molecule has 0 aromatic heterocycles. The maximum atomic E-state index is 13.0. The molecular weight excluding hydrogens is 363 g/mol. The Morgan fingerprint density at radius 3 is 2.39 bits per heavy atom. The van der Waals surface area contributed by atoms with Gasteiger partial charge in [-0.2, -0.15) is 22.0 Å². The number of ether oxygens (including phenoxy) is 1. The van der Waals surface area contributed by atoms with Gasteiger partial charge in [-0.3, -0.25) is 14.7 Å². The molecule has 1 rings (SSSR count). The molecule has 0 bridgehead atoms. The second-order valence-electron chi connectivity index (χ2n) is 4.94. The van der Waals surface area contributed by atoms with Gasteiger partial charge in [-0.25, -0.2) is 0 Å². The molecule has 1 heterocycles. The maximum absolute atomic E-state index is 13.0. The van der Waals surface area contributed by atoms with Crippen molar-refractivity contribution in [2.45, 2.75) is 33.1 Å². The van der Waals surface area contributed by atoms with Crippen LogP contribution in [0.25, 0.3) is 0 Å². The number of rotatable bonds is 4. The number of nitrogens with zero attached hydrogens (tertiary/aromatic N) is 2.